The zero-order valence-corrected chi connectivity index (χ0v) is 17.2. The van der Waals surface area contributed by atoms with Crippen molar-refractivity contribution in [3.05, 3.63) is 24.3 Å². The molecule has 3 rings (SSSR count). The van der Waals surface area contributed by atoms with E-state index in [2.05, 4.69) is 44.2 Å². The summed E-state index contributed by atoms with van der Waals surface area (Å²) >= 11 is 0. The molecule has 1 aromatic rings. The average Bonchev–Trinajstić information content (AvgIpc) is 3.26. The molecule has 6 heteroatoms. The molecule has 1 heterocycles. The molecule has 0 amide bonds. The lowest BCUT2D eigenvalue weighted by atomic mass is 10.2. The number of likely N-dealkylation sites (N-methyl/N-ethyl adjacent to an activating group) is 1. The third-order valence-electron chi connectivity index (χ3n) is 5.91. The molecule has 1 aliphatic carbocycles. The van der Waals surface area contributed by atoms with Gasteiger partial charge in [0.15, 0.2) is 5.96 Å². The lowest BCUT2D eigenvalue weighted by molar-refractivity contribution is 0.248. The van der Waals surface area contributed by atoms with Gasteiger partial charge in [0.05, 0.1) is 12.8 Å². The maximum Gasteiger partial charge on any atom is 0.193 e. The van der Waals surface area contributed by atoms with Gasteiger partial charge in [-0.1, -0.05) is 25.0 Å². The van der Waals surface area contributed by atoms with Crippen molar-refractivity contribution in [1.82, 2.24) is 15.1 Å². The third kappa shape index (κ3) is 5.06. The highest BCUT2D eigenvalue weighted by atomic mass is 16.5. The number of anilines is 1. The summed E-state index contributed by atoms with van der Waals surface area (Å²) in [6.07, 6.45) is 5.49. The van der Waals surface area contributed by atoms with Crippen molar-refractivity contribution in [3.63, 3.8) is 0 Å². The molecule has 27 heavy (non-hydrogen) atoms. The molecule has 0 spiro atoms. The van der Waals surface area contributed by atoms with Crippen LogP contribution in [0.25, 0.3) is 0 Å². The van der Waals surface area contributed by atoms with E-state index in [4.69, 9.17) is 4.74 Å². The Kier molecular flexibility index (Phi) is 7.21. The van der Waals surface area contributed by atoms with Crippen molar-refractivity contribution < 1.29 is 4.74 Å². The summed E-state index contributed by atoms with van der Waals surface area (Å²) < 4.78 is 5.52. The largest absolute Gasteiger partial charge is 0.495 e. The summed E-state index contributed by atoms with van der Waals surface area (Å²) in [5.41, 5.74) is 1.18. The minimum atomic E-state index is 0.776. The zero-order chi connectivity index (χ0) is 19.1. The van der Waals surface area contributed by atoms with E-state index in [-0.39, 0.29) is 0 Å². The maximum absolute atomic E-state index is 5.52. The smallest absolute Gasteiger partial charge is 0.193 e. The van der Waals surface area contributed by atoms with Crippen LogP contribution in [0.2, 0.25) is 0 Å². The van der Waals surface area contributed by atoms with Crippen LogP contribution >= 0.6 is 0 Å². The quantitative estimate of drug-likeness (QED) is 0.612. The standard InChI is InChI=1S/C21H35N5O/c1-22-21(23-12-13-24(2)18-8-4-5-9-18)26-16-14-25(15-17-26)19-10-6-7-11-20(19)27-3/h6-7,10-11,18H,4-5,8-9,12-17H2,1-3H3,(H,22,23). The first kappa shape index (κ1) is 19.8. The summed E-state index contributed by atoms with van der Waals surface area (Å²) in [7, 11) is 5.88. The van der Waals surface area contributed by atoms with E-state index in [0.29, 0.717) is 0 Å². The van der Waals surface area contributed by atoms with Crippen LogP contribution < -0.4 is 15.0 Å². The molecule has 150 valence electrons. The Bertz CT molecular complexity index is 606. The van der Waals surface area contributed by atoms with Crippen LogP contribution in [0.1, 0.15) is 25.7 Å². The first-order chi connectivity index (χ1) is 13.2. The molecule has 1 saturated heterocycles. The first-order valence-electron chi connectivity index (χ1n) is 10.3. The van der Waals surface area contributed by atoms with Crippen molar-refractivity contribution in [2.75, 3.05) is 65.4 Å². The Morgan fingerprint density at radius 2 is 1.89 bits per heavy atom. The van der Waals surface area contributed by atoms with Gasteiger partial charge in [0.2, 0.25) is 0 Å². The number of ether oxygens (including phenoxy) is 1. The summed E-state index contributed by atoms with van der Waals surface area (Å²) in [4.78, 5) is 11.8. The van der Waals surface area contributed by atoms with Crippen molar-refractivity contribution in [3.8, 4) is 5.75 Å². The van der Waals surface area contributed by atoms with Gasteiger partial charge in [-0.05, 0) is 32.0 Å². The number of hydrogen-bond donors (Lipinski definition) is 1. The van der Waals surface area contributed by atoms with Gasteiger partial charge < -0.3 is 24.8 Å². The van der Waals surface area contributed by atoms with E-state index >= 15 is 0 Å². The molecule has 1 saturated carbocycles. The number of methoxy groups -OCH3 is 1. The minimum absolute atomic E-state index is 0.776. The second-order valence-corrected chi connectivity index (χ2v) is 7.54. The maximum atomic E-state index is 5.52. The van der Waals surface area contributed by atoms with Crippen LogP contribution in [0, 0.1) is 0 Å². The number of nitrogens with zero attached hydrogens (tertiary/aromatic N) is 4. The molecule has 2 fully saturated rings. The van der Waals surface area contributed by atoms with Gasteiger partial charge >= 0.3 is 0 Å². The Labute approximate surface area is 164 Å². The van der Waals surface area contributed by atoms with Gasteiger partial charge in [0.25, 0.3) is 0 Å². The van der Waals surface area contributed by atoms with E-state index in [9.17, 15) is 0 Å². The number of aliphatic imine (C=N–C) groups is 1. The third-order valence-corrected chi connectivity index (χ3v) is 5.91. The van der Waals surface area contributed by atoms with E-state index in [1.165, 1.54) is 31.4 Å². The second-order valence-electron chi connectivity index (χ2n) is 7.54. The van der Waals surface area contributed by atoms with E-state index in [1.807, 2.05) is 19.2 Å². The molecule has 0 bridgehead atoms. The van der Waals surface area contributed by atoms with Crippen molar-refractivity contribution in [1.29, 1.82) is 0 Å². The van der Waals surface area contributed by atoms with Gasteiger partial charge in [-0.15, -0.1) is 0 Å². The summed E-state index contributed by atoms with van der Waals surface area (Å²) in [6, 6.07) is 9.04. The molecule has 6 nitrogen and oxygen atoms in total. The highest BCUT2D eigenvalue weighted by molar-refractivity contribution is 5.80. The number of rotatable bonds is 6. The van der Waals surface area contributed by atoms with Crippen molar-refractivity contribution >= 4 is 11.6 Å². The van der Waals surface area contributed by atoms with Gasteiger partial charge in [-0.25, -0.2) is 0 Å². The van der Waals surface area contributed by atoms with Gasteiger partial charge in [-0.2, -0.15) is 0 Å². The zero-order valence-electron chi connectivity index (χ0n) is 17.2. The van der Waals surface area contributed by atoms with Crippen molar-refractivity contribution in [2.24, 2.45) is 4.99 Å². The molecule has 1 N–H and O–H groups in total. The molecule has 0 atom stereocenters. The SMILES string of the molecule is CN=C(NCCN(C)C1CCCC1)N1CCN(c2ccccc2OC)CC1. The van der Waals surface area contributed by atoms with Crippen molar-refractivity contribution in [2.45, 2.75) is 31.7 Å². The molecule has 0 radical (unpaired) electrons. The number of piperazine rings is 1. The molecular formula is C21H35N5O. The molecule has 1 aromatic carbocycles. The number of nitrogens with one attached hydrogen (secondary N) is 1. The molecule has 0 unspecified atom stereocenters. The lowest BCUT2D eigenvalue weighted by Gasteiger charge is -2.38. The van der Waals surface area contributed by atoms with Gasteiger partial charge in [0.1, 0.15) is 5.75 Å². The van der Waals surface area contributed by atoms with Crippen LogP contribution in [-0.4, -0.2) is 82.3 Å². The monoisotopic (exact) mass is 373 g/mol. The van der Waals surface area contributed by atoms with Crippen LogP contribution in [-0.2, 0) is 0 Å². The Morgan fingerprint density at radius 1 is 1.19 bits per heavy atom. The van der Waals surface area contributed by atoms with Gasteiger partial charge in [-0.3, -0.25) is 4.99 Å². The molecule has 2 aliphatic rings. The number of guanidine groups is 1. The number of hydrogen-bond acceptors (Lipinski definition) is 4. The van der Waals surface area contributed by atoms with Gasteiger partial charge in [0, 0.05) is 52.4 Å². The number of benzene rings is 1. The van der Waals surface area contributed by atoms with Crippen LogP contribution in [0.4, 0.5) is 5.69 Å². The Hall–Kier alpha value is -1.95. The average molecular weight is 374 g/mol. The van der Waals surface area contributed by atoms with Crippen LogP contribution in [0.15, 0.2) is 29.3 Å². The summed E-state index contributed by atoms with van der Waals surface area (Å²) in [6.45, 7) is 5.91. The van der Waals surface area contributed by atoms with Crippen LogP contribution in [0.3, 0.4) is 0 Å². The fourth-order valence-electron chi connectivity index (χ4n) is 4.25. The van der Waals surface area contributed by atoms with E-state index in [0.717, 1.165) is 57.0 Å². The van der Waals surface area contributed by atoms with E-state index in [1.54, 1.807) is 7.11 Å². The molecule has 0 aromatic heterocycles. The Balaban J connectivity index is 1.46. The predicted molar refractivity (Wildman–Crippen MR) is 113 cm³/mol. The highest BCUT2D eigenvalue weighted by Crippen LogP contribution is 2.28. The molecular weight excluding hydrogens is 338 g/mol. The normalized spacial score (nSPS) is 19.0. The summed E-state index contributed by atoms with van der Waals surface area (Å²) in [5.74, 6) is 1.97. The fourth-order valence-corrected chi connectivity index (χ4v) is 4.25. The summed E-state index contributed by atoms with van der Waals surface area (Å²) in [5, 5.41) is 3.56. The Morgan fingerprint density at radius 3 is 2.56 bits per heavy atom. The fraction of sp³-hybridized carbons (Fsp3) is 0.667. The number of para-hydroxylation sites is 2. The molecule has 1 aliphatic heterocycles. The van der Waals surface area contributed by atoms with E-state index < -0.39 is 0 Å². The minimum Gasteiger partial charge on any atom is -0.495 e. The lowest BCUT2D eigenvalue weighted by Crippen LogP contribution is -2.53. The predicted octanol–water partition coefficient (Wildman–Crippen LogP) is 2.27. The topological polar surface area (TPSA) is 43.3 Å². The highest BCUT2D eigenvalue weighted by Gasteiger charge is 2.22. The second kappa shape index (κ2) is 9.83. The first-order valence-corrected chi connectivity index (χ1v) is 10.3. The van der Waals surface area contributed by atoms with Crippen LogP contribution in [0.5, 0.6) is 5.75 Å².